The first-order valence-corrected chi connectivity index (χ1v) is 8.95. The monoisotopic (exact) mass is 330 g/mol. The van der Waals surface area contributed by atoms with E-state index in [9.17, 15) is 9.59 Å². The molecule has 0 spiro atoms. The number of hydrogen-bond acceptors (Lipinski definition) is 3. The van der Waals surface area contributed by atoms with Crippen molar-refractivity contribution in [1.29, 1.82) is 0 Å². The van der Waals surface area contributed by atoms with E-state index in [1.807, 2.05) is 29.2 Å². The van der Waals surface area contributed by atoms with Crippen molar-refractivity contribution in [3.63, 3.8) is 0 Å². The molecule has 2 fully saturated rings. The van der Waals surface area contributed by atoms with E-state index in [-0.39, 0.29) is 11.8 Å². The van der Waals surface area contributed by atoms with Gasteiger partial charge >= 0.3 is 0 Å². The summed E-state index contributed by atoms with van der Waals surface area (Å²) in [6.07, 6.45) is 5.88. The summed E-state index contributed by atoms with van der Waals surface area (Å²) in [6, 6.07) is 7.61. The van der Waals surface area contributed by atoms with E-state index in [0.717, 1.165) is 11.3 Å². The van der Waals surface area contributed by atoms with E-state index in [1.54, 1.807) is 0 Å². The molecule has 0 radical (unpaired) electrons. The van der Waals surface area contributed by atoms with E-state index in [0.29, 0.717) is 45.1 Å². The van der Waals surface area contributed by atoms with Crippen LogP contribution in [0.4, 0.5) is 5.69 Å². The number of rotatable bonds is 5. The van der Waals surface area contributed by atoms with Crippen molar-refractivity contribution >= 4 is 17.5 Å². The molecule has 130 valence electrons. The van der Waals surface area contributed by atoms with Crippen LogP contribution in [0.5, 0.6) is 0 Å². The Morgan fingerprint density at radius 1 is 1.08 bits per heavy atom. The highest BCUT2D eigenvalue weighted by Gasteiger charge is 2.19. The SMILES string of the molecule is O=C(CC1CCCC1)Nc1ccc(CC(=O)N2CCOCC2)cc1. The maximum Gasteiger partial charge on any atom is 0.227 e. The maximum atomic E-state index is 12.2. The molecule has 5 heteroatoms. The Kier molecular flexibility index (Phi) is 5.86. The quantitative estimate of drug-likeness (QED) is 0.903. The van der Waals surface area contributed by atoms with Crippen molar-refractivity contribution in [2.24, 2.45) is 5.92 Å². The molecule has 1 heterocycles. The molecule has 1 aromatic carbocycles. The Balaban J connectivity index is 1.47. The van der Waals surface area contributed by atoms with E-state index in [4.69, 9.17) is 4.74 Å². The zero-order valence-corrected chi connectivity index (χ0v) is 14.1. The number of carbonyl (C=O) groups is 2. The molecule has 0 atom stereocenters. The molecule has 1 aliphatic carbocycles. The first kappa shape index (κ1) is 17.0. The smallest absolute Gasteiger partial charge is 0.227 e. The molecule has 0 aromatic heterocycles. The number of hydrogen-bond donors (Lipinski definition) is 1. The van der Waals surface area contributed by atoms with Gasteiger partial charge in [0.2, 0.25) is 11.8 Å². The Hall–Kier alpha value is -1.88. The summed E-state index contributed by atoms with van der Waals surface area (Å²) in [5.74, 6) is 0.783. The predicted octanol–water partition coefficient (Wildman–Crippen LogP) is 2.61. The minimum Gasteiger partial charge on any atom is -0.378 e. The normalized spacial score (nSPS) is 18.6. The fourth-order valence-electron chi connectivity index (χ4n) is 3.49. The highest BCUT2D eigenvalue weighted by atomic mass is 16.5. The molecule has 5 nitrogen and oxygen atoms in total. The van der Waals surface area contributed by atoms with Crippen molar-refractivity contribution in [3.8, 4) is 0 Å². The van der Waals surface area contributed by atoms with Crippen molar-refractivity contribution in [1.82, 2.24) is 4.90 Å². The average molecular weight is 330 g/mol. The fourth-order valence-corrected chi connectivity index (χ4v) is 3.49. The van der Waals surface area contributed by atoms with Crippen LogP contribution in [0.15, 0.2) is 24.3 Å². The molecular formula is C19H26N2O3. The van der Waals surface area contributed by atoms with E-state index >= 15 is 0 Å². The van der Waals surface area contributed by atoms with Crippen LogP contribution in [0.1, 0.15) is 37.7 Å². The Bertz CT molecular complexity index is 558. The number of morpholine rings is 1. The standard InChI is InChI=1S/C19H26N2O3/c22-18(13-15-3-1-2-4-15)20-17-7-5-16(6-8-17)14-19(23)21-9-11-24-12-10-21/h5-8,15H,1-4,9-14H2,(H,20,22). The molecule has 1 saturated heterocycles. The Morgan fingerprint density at radius 2 is 1.75 bits per heavy atom. The average Bonchev–Trinajstić information content (AvgIpc) is 3.10. The molecule has 1 N–H and O–H groups in total. The zero-order chi connectivity index (χ0) is 16.8. The van der Waals surface area contributed by atoms with Gasteiger partial charge in [-0.25, -0.2) is 0 Å². The lowest BCUT2D eigenvalue weighted by atomic mass is 10.0. The summed E-state index contributed by atoms with van der Waals surface area (Å²) < 4.78 is 5.27. The van der Waals surface area contributed by atoms with Crippen LogP contribution in [0.2, 0.25) is 0 Å². The van der Waals surface area contributed by atoms with Gasteiger partial charge in [0.05, 0.1) is 19.6 Å². The van der Waals surface area contributed by atoms with Gasteiger partial charge in [0.1, 0.15) is 0 Å². The van der Waals surface area contributed by atoms with Crippen LogP contribution in [0.3, 0.4) is 0 Å². The minimum atomic E-state index is 0.0963. The van der Waals surface area contributed by atoms with E-state index in [2.05, 4.69) is 5.32 Å². The van der Waals surface area contributed by atoms with Gasteiger partial charge in [-0.3, -0.25) is 9.59 Å². The molecule has 1 saturated carbocycles. The predicted molar refractivity (Wildman–Crippen MR) is 92.7 cm³/mol. The molecule has 24 heavy (non-hydrogen) atoms. The summed E-state index contributed by atoms with van der Waals surface area (Å²) in [5, 5.41) is 2.96. The van der Waals surface area contributed by atoms with Gasteiger partial charge in [-0.1, -0.05) is 25.0 Å². The second kappa shape index (κ2) is 8.29. The lowest BCUT2D eigenvalue weighted by Gasteiger charge is -2.26. The van der Waals surface area contributed by atoms with E-state index in [1.165, 1.54) is 25.7 Å². The van der Waals surface area contributed by atoms with Gasteiger partial charge in [-0.05, 0) is 36.5 Å². The van der Waals surface area contributed by atoms with Gasteiger partial charge in [0.25, 0.3) is 0 Å². The van der Waals surface area contributed by atoms with Crippen LogP contribution in [-0.4, -0.2) is 43.0 Å². The number of anilines is 1. The third kappa shape index (κ3) is 4.81. The third-order valence-electron chi connectivity index (χ3n) is 4.91. The lowest BCUT2D eigenvalue weighted by molar-refractivity contribution is -0.134. The van der Waals surface area contributed by atoms with Crippen molar-refractivity contribution < 1.29 is 14.3 Å². The summed E-state index contributed by atoms with van der Waals surface area (Å²) in [5.41, 5.74) is 1.78. The number of amides is 2. The molecule has 1 aromatic rings. The minimum absolute atomic E-state index is 0.0963. The largest absolute Gasteiger partial charge is 0.378 e. The van der Waals surface area contributed by atoms with Crippen molar-refractivity contribution in [3.05, 3.63) is 29.8 Å². The number of ether oxygens (including phenoxy) is 1. The molecule has 1 aliphatic heterocycles. The van der Waals surface area contributed by atoms with Crippen molar-refractivity contribution in [2.75, 3.05) is 31.6 Å². The third-order valence-corrected chi connectivity index (χ3v) is 4.91. The highest BCUT2D eigenvalue weighted by Crippen LogP contribution is 2.27. The van der Waals surface area contributed by atoms with Crippen LogP contribution in [0.25, 0.3) is 0 Å². The summed E-state index contributed by atoms with van der Waals surface area (Å²) in [7, 11) is 0. The molecular weight excluding hydrogens is 304 g/mol. The van der Waals surface area contributed by atoms with Crippen LogP contribution in [0, 0.1) is 5.92 Å². The van der Waals surface area contributed by atoms with Gasteiger partial charge in [0.15, 0.2) is 0 Å². The summed E-state index contributed by atoms with van der Waals surface area (Å²) in [6.45, 7) is 2.59. The first-order chi connectivity index (χ1) is 11.7. The number of carbonyl (C=O) groups excluding carboxylic acids is 2. The van der Waals surface area contributed by atoms with Gasteiger partial charge in [0, 0.05) is 25.2 Å². The Labute approximate surface area is 143 Å². The molecule has 2 amide bonds. The molecule has 2 aliphatic rings. The topological polar surface area (TPSA) is 58.6 Å². The van der Waals surface area contributed by atoms with Crippen LogP contribution < -0.4 is 5.32 Å². The number of nitrogens with one attached hydrogen (secondary N) is 1. The summed E-state index contributed by atoms with van der Waals surface area (Å²) in [4.78, 5) is 26.1. The summed E-state index contributed by atoms with van der Waals surface area (Å²) >= 11 is 0. The molecule has 0 bridgehead atoms. The second-order valence-electron chi connectivity index (χ2n) is 6.77. The number of nitrogens with zero attached hydrogens (tertiary/aromatic N) is 1. The van der Waals surface area contributed by atoms with Gasteiger partial charge < -0.3 is 15.0 Å². The van der Waals surface area contributed by atoms with Crippen LogP contribution >= 0.6 is 0 Å². The molecule has 0 unspecified atom stereocenters. The zero-order valence-electron chi connectivity index (χ0n) is 14.1. The van der Waals surface area contributed by atoms with Crippen molar-refractivity contribution in [2.45, 2.75) is 38.5 Å². The van der Waals surface area contributed by atoms with Gasteiger partial charge in [-0.2, -0.15) is 0 Å². The highest BCUT2D eigenvalue weighted by molar-refractivity contribution is 5.91. The number of benzene rings is 1. The maximum absolute atomic E-state index is 12.2. The van der Waals surface area contributed by atoms with Crippen LogP contribution in [-0.2, 0) is 20.7 Å². The fraction of sp³-hybridized carbons (Fsp3) is 0.579. The molecule has 3 rings (SSSR count). The van der Waals surface area contributed by atoms with E-state index < -0.39 is 0 Å². The second-order valence-corrected chi connectivity index (χ2v) is 6.77. The first-order valence-electron chi connectivity index (χ1n) is 8.95. The van der Waals surface area contributed by atoms with Gasteiger partial charge in [-0.15, -0.1) is 0 Å². The Morgan fingerprint density at radius 3 is 2.42 bits per heavy atom. The lowest BCUT2D eigenvalue weighted by Crippen LogP contribution is -2.41.